The summed E-state index contributed by atoms with van der Waals surface area (Å²) in [6.07, 6.45) is -0.385. The molecule has 0 unspecified atom stereocenters. The lowest BCUT2D eigenvalue weighted by molar-refractivity contribution is 0.102. The van der Waals surface area contributed by atoms with Gasteiger partial charge in [-0.25, -0.2) is 13.8 Å². The highest BCUT2D eigenvalue weighted by atomic mass is 19.3. The minimum Gasteiger partial charge on any atom is -0.443 e. The predicted molar refractivity (Wildman–Crippen MR) is 96.7 cm³/mol. The van der Waals surface area contributed by atoms with Crippen LogP contribution in [0.4, 0.5) is 14.5 Å². The zero-order valence-corrected chi connectivity index (χ0v) is 15.2. The first kappa shape index (κ1) is 18.8. The van der Waals surface area contributed by atoms with Gasteiger partial charge < -0.3 is 9.73 Å². The molecule has 0 aliphatic carbocycles. The van der Waals surface area contributed by atoms with Gasteiger partial charge in [0, 0.05) is 12.1 Å². The lowest BCUT2D eigenvalue weighted by Crippen LogP contribution is -2.16. The molecular weight excluding hydrogens is 354 g/mol. The Hall–Kier alpha value is -3.03. The maximum absolute atomic E-state index is 13.5. The van der Waals surface area contributed by atoms with Crippen molar-refractivity contribution < 1.29 is 18.0 Å². The summed E-state index contributed by atoms with van der Waals surface area (Å²) in [4.78, 5) is 16.6. The molecule has 2 aromatic heterocycles. The first-order chi connectivity index (χ1) is 12.9. The van der Waals surface area contributed by atoms with Crippen LogP contribution < -0.4 is 5.32 Å². The van der Waals surface area contributed by atoms with Gasteiger partial charge in [-0.05, 0) is 12.8 Å². The molecule has 2 heterocycles. The Labute approximate surface area is 155 Å². The molecule has 0 atom stereocenters. The molecule has 1 amide bonds. The molecule has 0 bridgehead atoms. The van der Waals surface area contributed by atoms with Crippen LogP contribution in [0.15, 0.2) is 41.3 Å². The molecule has 0 spiro atoms. The minimum atomic E-state index is -2.77. The van der Waals surface area contributed by atoms with E-state index in [0.29, 0.717) is 12.1 Å². The number of benzene rings is 1. The summed E-state index contributed by atoms with van der Waals surface area (Å²) in [5, 5.41) is 6.47. The number of amides is 1. The van der Waals surface area contributed by atoms with Gasteiger partial charge >= 0.3 is 0 Å². The summed E-state index contributed by atoms with van der Waals surface area (Å²) in [6, 6.07) is 7.37. The molecule has 6 nitrogen and oxygen atoms in total. The van der Waals surface area contributed by atoms with Crippen molar-refractivity contribution in [1.82, 2.24) is 14.8 Å². The molecule has 0 radical (unpaired) electrons. The van der Waals surface area contributed by atoms with Crippen LogP contribution in [0.5, 0.6) is 0 Å². The normalized spacial score (nSPS) is 11.4. The largest absolute Gasteiger partial charge is 0.443 e. The zero-order chi connectivity index (χ0) is 19.6. The Morgan fingerprint density at radius 2 is 1.96 bits per heavy atom. The van der Waals surface area contributed by atoms with E-state index in [4.69, 9.17) is 4.42 Å². The molecule has 27 heavy (non-hydrogen) atoms. The molecule has 142 valence electrons. The molecule has 0 aliphatic rings. The number of aryl methyl sites for hydroxylation is 1. The van der Waals surface area contributed by atoms with Gasteiger partial charge in [-0.2, -0.15) is 5.10 Å². The van der Waals surface area contributed by atoms with E-state index in [1.54, 1.807) is 12.1 Å². The van der Waals surface area contributed by atoms with E-state index >= 15 is 0 Å². The molecule has 1 aromatic carbocycles. The first-order valence-corrected chi connectivity index (χ1v) is 8.52. The molecule has 0 saturated carbocycles. The fourth-order valence-corrected chi connectivity index (χ4v) is 2.71. The molecule has 0 saturated heterocycles. The van der Waals surface area contributed by atoms with Crippen molar-refractivity contribution >= 4 is 11.6 Å². The van der Waals surface area contributed by atoms with Crippen LogP contribution in [-0.4, -0.2) is 20.7 Å². The summed E-state index contributed by atoms with van der Waals surface area (Å²) in [5.41, 5.74) is 1.40. The number of alkyl halides is 2. The number of anilines is 1. The minimum absolute atomic E-state index is 0.0238. The molecule has 8 heteroatoms. The Morgan fingerprint density at radius 1 is 1.26 bits per heavy atom. The molecule has 3 rings (SSSR count). The number of halogens is 2. The smallest absolute Gasteiger partial charge is 0.282 e. The maximum Gasteiger partial charge on any atom is 0.282 e. The van der Waals surface area contributed by atoms with Gasteiger partial charge in [0.05, 0.1) is 11.9 Å². The summed E-state index contributed by atoms with van der Waals surface area (Å²) in [7, 11) is 0. The second-order valence-electron chi connectivity index (χ2n) is 6.67. The van der Waals surface area contributed by atoms with E-state index in [9.17, 15) is 13.6 Å². The summed E-state index contributed by atoms with van der Waals surface area (Å²) < 4.78 is 33.6. The number of oxazole rings is 1. The van der Waals surface area contributed by atoms with Crippen LogP contribution in [0.3, 0.4) is 0 Å². The highest BCUT2D eigenvalue weighted by Gasteiger charge is 2.25. The standard InChI is InChI=1S/C19H20F2N4O2/c1-11(2)9-25-16(18(20)21)14(8-23-25)24-19(26)15-17(27-10-22-15)13-6-4-12(3)5-7-13/h4-8,10-11,18H,9H2,1-3H3,(H,24,26). The van der Waals surface area contributed by atoms with E-state index in [1.165, 1.54) is 10.9 Å². The average Bonchev–Trinajstić information content (AvgIpc) is 3.22. The van der Waals surface area contributed by atoms with Crippen molar-refractivity contribution in [3.05, 3.63) is 53.8 Å². The van der Waals surface area contributed by atoms with Crippen LogP contribution in [0.2, 0.25) is 0 Å². The molecule has 1 N–H and O–H groups in total. The van der Waals surface area contributed by atoms with Crippen LogP contribution in [0, 0.1) is 12.8 Å². The van der Waals surface area contributed by atoms with Crippen LogP contribution in [0.1, 0.15) is 42.0 Å². The number of hydrogen-bond donors (Lipinski definition) is 1. The van der Waals surface area contributed by atoms with Gasteiger partial charge in [0.25, 0.3) is 12.3 Å². The summed E-state index contributed by atoms with van der Waals surface area (Å²) in [5.74, 6) is -0.222. The van der Waals surface area contributed by atoms with Gasteiger partial charge in [-0.15, -0.1) is 0 Å². The SMILES string of the molecule is Cc1ccc(-c2ocnc2C(=O)Nc2cnn(CC(C)C)c2C(F)F)cc1. The number of carbonyl (C=O) groups excluding carboxylic acids is 1. The second kappa shape index (κ2) is 7.69. The van der Waals surface area contributed by atoms with E-state index in [1.807, 2.05) is 32.9 Å². The molecule has 3 aromatic rings. The average molecular weight is 374 g/mol. The Balaban J connectivity index is 1.88. The zero-order valence-electron chi connectivity index (χ0n) is 15.2. The van der Waals surface area contributed by atoms with Gasteiger partial charge in [0.1, 0.15) is 5.69 Å². The van der Waals surface area contributed by atoms with Crippen LogP contribution >= 0.6 is 0 Å². The number of nitrogens with zero attached hydrogens (tertiary/aromatic N) is 3. The Kier molecular flexibility index (Phi) is 5.34. The van der Waals surface area contributed by atoms with E-state index in [-0.39, 0.29) is 28.8 Å². The van der Waals surface area contributed by atoms with E-state index < -0.39 is 12.3 Å². The monoisotopic (exact) mass is 374 g/mol. The van der Waals surface area contributed by atoms with Gasteiger partial charge in [-0.3, -0.25) is 9.48 Å². The number of nitrogens with one attached hydrogen (secondary N) is 1. The number of aromatic nitrogens is 3. The number of hydrogen-bond acceptors (Lipinski definition) is 4. The van der Waals surface area contributed by atoms with E-state index in [0.717, 1.165) is 12.0 Å². The second-order valence-corrected chi connectivity index (χ2v) is 6.67. The Bertz CT molecular complexity index is 930. The lowest BCUT2D eigenvalue weighted by Gasteiger charge is -2.11. The molecule has 0 fully saturated rings. The van der Waals surface area contributed by atoms with Crippen molar-refractivity contribution in [3.8, 4) is 11.3 Å². The van der Waals surface area contributed by atoms with Crippen molar-refractivity contribution in [2.75, 3.05) is 5.32 Å². The fourth-order valence-electron chi connectivity index (χ4n) is 2.71. The van der Waals surface area contributed by atoms with Crippen molar-refractivity contribution in [1.29, 1.82) is 0 Å². The first-order valence-electron chi connectivity index (χ1n) is 8.52. The lowest BCUT2D eigenvalue weighted by atomic mass is 10.1. The van der Waals surface area contributed by atoms with Crippen molar-refractivity contribution in [3.63, 3.8) is 0 Å². The third-order valence-corrected chi connectivity index (χ3v) is 3.97. The van der Waals surface area contributed by atoms with Gasteiger partial charge in [0.15, 0.2) is 17.8 Å². The van der Waals surface area contributed by atoms with Crippen molar-refractivity contribution in [2.45, 2.75) is 33.7 Å². The third kappa shape index (κ3) is 4.05. The molecular formula is C19H20F2N4O2. The van der Waals surface area contributed by atoms with E-state index in [2.05, 4.69) is 15.4 Å². The highest BCUT2D eigenvalue weighted by molar-refractivity contribution is 6.06. The van der Waals surface area contributed by atoms with Gasteiger partial charge in [-0.1, -0.05) is 43.7 Å². The molecule has 0 aliphatic heterocycles. The van der Waals surface area contributed by atoms with Crippen molar-refractivity contribution in [2.24, 2.45) is 5.92 Å². The maximum atomic E-state index is 13.5. The topological polar surface area (TPSA) is 73.0 Å². The number of carbonyl (C=O) groups is 1. The summed E-state index contributed by atoms with van der Waals surface area (Å²) in [6.45, 7) is 6.07. The fraction of sp³-hybridized carbons (Fsp3) is 0.316. The highest BCUT2D eigenvalue weighted by Crippen LogP contribution is 2.29. The number of rotatable bonds is 6. The predicted octanol–water partition coefficient (Wildman–Crippen LogP) is 4.69. The van der Waals surface area contributed by atoms with Crippen LogP contribution in [0.25, 0.3) is 11.3 Å². The van der Waals surface area contributed by atoms with Crippen LogP contribution in [-0.2, 0) is 6.54 Å². The third-order valence-electron chi connectivity index (χ3n) is 3.97. The Morgan fingerprint density at radius 3 is 2.59 bits per heavy atom. The quantitative estimate of drug-likeness (QED) is 0.679. The van der Waals surface area contributed by atoms with Gasteiger partial charge in [0.2, 0.25) is 0 Å². The summed E-state index contributed by atoms with van der Waals surface area (Å²) >= 11 is 0.